The average molecular weight is 528 g/mol. The van der Waals surface area contributed by atoms with Gasteiger partial charge in [0.2, 0.25) is 5.91 Å². The molecule has 0 radical (unpaired) electrons. The summed E-state index contributed by atoms with van der Waals surface area (Å²) in [5, 5.41) is 5.13. The first kappa shape index (κ1) is 26.5. The number of hydrogen-bond donors (Lipinski definition) is 2. The standard InChI is InChI=1S/C33H38ClN3O/c1-22(2)33(38)35-28-10-5-7-25(21-28)24-14-17-37(18-15-24)16-6-11-29-30-19-23(3)12-13-31(30)36-32(29)26-8-4-9-27(34)20-26/h4-5,7-10,12-13,19-22,24,36H,6,11,14-18H2,1-3H3,(H,35,38). The van der Waals surface area contributed by atoms with Crippen LogP contribution in [0, 0.1) is 12.8 Å². The summed E-state index contributed by atoms with van der Waals surface area (Å²) in [4.78, 5) is 18.4. The van der Waals surface area contributed by atoms with Gasteiger partial charge in [-0.3, -0.25) is 4.79 Å². The van der Waals surface area contributed by atoms with E-state index in [1.807, 2.05) is 32.0 Å². The maximum Gasteiger partial charge on any atom is 0.226 e. The molecule has 1 aliphatic rings. The number of carbonyl (C=O) groups excluding carboxylic acids is 1. The number of carbonyl (C=O) groups is 1. The van der Waals surface area contributed by atoms with Gasteiger partial charge in [0.1, 0.15) is 0 Å². The van der Waals surface area contributed by atoms with Gasteiger partial charge in [-0.25, -0.2) is 0 Å². The van der Waals surface area contributed by atoms with Crippen LogP contribution in [-0.4, -0.2) is 35.4 Å². The first-order valence-corrected chi connectivity index (χ1v) is 14.3. The SMILES string of the molecule is Cc1ccc2[nH]c(-c3cccc(Cl)c3)c(CCCN3CCC(c4cccc(NC(=O)C(C)C)c4)CC3)c2c1. The molecule has 1 amide bonds. The van der Waals surface area contributed by atoms with Crippen LogP contribution >= 0.6 is 11.6 Å². The minimum absolute atomic E-state index is 0.0169. The summed E-state index contributed by atoms with van der Waals surface area (Å²) in [7, 11) is 0. The van der Waals surface area contributed by atoms with Crippen LogP contribution in [-0.2, 0) is 11.2 Å². The Balaban J connectivity index is 1.21. The Hall–Kier alpha value is -3.08. The highest BCUT2D eigenvalue weighted by Crippen LogP contribution is 2.34. The summed E-state index contributed by atoms with van der Waals surface area (Å²) >= 11 is 6.34. The number of rotatable bonds is 8. The normalized spacial score (nSPS) is 14.9. The molecule has 2 N–H and O–H groups in total. The van der Waals surface area contributed by atoms with E-state index in [9.17, 15) is 4.79 Å². The van der Waals surface area contributed by atoms with Crippen molar-refractivity contribution in [3.63, 3.8) is 0 Å². The Morgan fingerprint density at radius 1 is 1.05 bits per heavy atom. The highest BCUT2D eigenvalue weighted by Gasteiger charge is 2.21. The molecule has 4 aromatic rings. The van der Waals surface area contributed by atoms with Gasteiger partial charge in [0.25, 0.3) is 0 Å². The lowest BCUT2D eigenvalue weighted by Crippen LogP contribution is -2.33. The van der Waals surface area contributed by atoms with Crippen LogP contribution in [0.2, 0.25) is 5.02 Å². The van der Waals surface area contributed by atoms with E-state index in [1.165, 1.54) is 33.3 Å². The first-order chi connectivity index (χ1) is 18.4. The van der Waals surface area contributed by atoms with Crippen molar-refractivity contribution in [2.24, 2.45) is 5.92 Å². The molecule has 3 aromatic carbocycles. The van der Waals surface area contributed by atoms with Gasteiger partial charge in [-0.2, -0.15) is 0 Å². The zero-order valence-corrected chi connectivity index (χ0v) is 23.4. The molecule has 0 saturated carbocycles. The molecular weight excluding hydrogens is 490 g/mol. The minimum atomic E-state index is -0.0169. The summed E-state index contributed by atoms with van der Waals surface area (Å²) in [6.45, 7) is 9.33. The second-order valence-corrected chi connectivity index (χ2v) is 11.5. The number of benzene rings is 3. The van der Waals surface area contributed by atoms with E-state index in [2.05, 4.69) is 70.7 Å². The minimum Gasteiger partial charge on any atom is -0.354 e. The zero-order valence-electron chi connectivity index (χ0n) is 22.7. The lowest BCUT2D eigenvalue weighted by atomic mass is 9.89. The molecule has 0 aliphatic carbocycles. The number of likely N-dealkylation sites (tertiary alicyclic amines) is 1. The monoisotopic (exact) mass is 527 g/mol. The molecular formula is C33H38ClN3O. The van der Waals surface area contributed by atoms with Gasteiger partial charge < -0.3 is 15.2 Å². The summed E-state index contributed by atoms with van der Waals surface area (Å²) in [6.07, 6.45) is 4.46. The predicted molar refractivity (Wildman–Crippen MR) is 160 cm³/mol. The van der Waals surface area contributed by atoms with Crippen molar-refractivity contribution in [3.05, 3.63) is 88.4 Å². The van der Waals surface area contributed by atoms with Crippen molar-refractivity contribution in [1.29, 1.82) is 0 Å². The molecule has 4 nitrogen and oxygen atoms in total. The van der Waals surface area contributed by atoms with E-state index < -0.39 is 0 Å². The quantitative estimate of drug-likeness (QED) is 0.242. The fourth-order valence-electron chi connectivity index (χ4n) is 5.64. The summed E-state index contributed by atoms with van der Waals surface area (Å²) in [5.41, 5.74) is 8.45. The number of anilines is 1. The fourth-order valence-corrected chi connectivity index (χ4v) is 5.83. The highest BCUT2D eigenvalue weighted by molar-refractivity contribution is 6.30. The molecule has 1 aromatic heterocycles. The number of nitrogens with one attached hydrogen (secondary N) is 2. The third kappa shape index (κ3) is 6.14. The van der Waals surface area contributed by atoms with Crippen LogP contribution in [0.4, 0.5) is 5.69 Å². The van der Waals surface area contributed by atoms with Crippen LogP contribution in [0.5, 0.6) is 0 Å². The molecule has 0 atom stereocenters. The van der Waals surface area contributed by atoms with Gasteiger partial charge >= 0.3 is 0 Å². The Bertz CT molecular complexity index is 1420. The van der Waals surface area contributed by atoms with Gasteiger partial charge in [0.05, 0.1) is 0 Å². The van der Waals surface area contributed by atoms with Crippen molar-refractivity contribution in [2.45, 2.75) is 52.4 Å². The van der Waals surface area contributed by atoms with Crippen LogP contribution in [0.15, 0.2) is 66.7 Å². The lowest BCUT2D eigenvalue weighted by Gasteiger charge is -2.32. The Kier molecular flexibility index (Phi) is 8.21. The topological polar surface area (TPSA) is 48.1 Å². The molecule has 0 spiro atoms. The lowest BCUT2D eigenvalue weighted by molar-refractivity contribution is -0.118. The summed E-state index contributed by atoms with van der Waals surface area (Å²) in [6, 6.07) is 23.2. The third-order valence-corrected chi connectivity index (χ3v) is 8.05. The summed E-state index contributed by atoms with van der Waals surface area (Å²) < 4.78 is 0. The van der Waals surface area contributed by atoms with Crippen molar-refractivity contribution < 1.29 is 4.79 Å². The molecule has 5 heteroatoms. The molecule has 5 rings (SSSR count). The van der Waals surface area contributed by atoms with Crippen molar-refractivity contribution in [3.8, 4) is 11.3 Å². The number of aromatic nitrogens is 1. The largest absolute Gasteiger partial charge is 0.354 e. The second-order valence-electron chi connectivity index (χ2n) is 11.0. The van der Waals surface area contributed by atoms with E-state index in [-0.39, 0.29) is 11.8 Å². The predicted octanol–water partition coefficient (Wildman–Crippen LogP) is 8.20. The zero-order chi connectivity index (χ0) is 26.6. The number of halogens is 1. The Morgan fingerprint density at radius 2 is 1.84 bits per heavy atom. The number of aryl methyl sites for hydroxylation is 2. The fraction of sp³-hybridized carbons (Fsp3) is 0.364. The van der Waals surface area contributed by atoms with Gasteiger partial charge in [-0.1, -0.05) is 61.3 Å². The van der Waals surface area contributed by atoms with Gasteiger partial charge in [-0.15, -0.1) is 0 Å². The number of piperidine rings is 1. The van der Waals surface area contributed by atoms with E-state index in [4.69, 9.17) is 11.6 Å². The number of hydrogen-bond acceptors (Lipinski definition) is 2. The second kappa shape index (κ2) is 11.8. The van der Waals surface area contributed by atoms with Crippen LogP contribution in [0.25, 0.3) is 22.2 Å². The van der Waals surface area contributed by atoms with Crippen molar-refractivity contribution >= 4 is 34.1 Å². The van der Waals surface area contributed by atoms with Crippen molar-refractivity contribution in [2.75, 3.05) is 25.0 Å². The maximum absolute atomic E-state index is 12.1. The van der Waals surface area contributed by atoms with Gasteiger partial charge in [0.15, 0.2) is 0 Å². The van der Waals surface area contributed by atoms with E-state index >= 15 is 0 Å². The van der Waals surface area contributed by atoms with Crippen LogP contribution in [0.1, 0.15) is 55.7 Å². The van der Waals surface area contributed by atoms with Crippen molar-refractivity contribution in [1.82, 2.24) is 9.88 Å². The highest BCUT2D eigenvalue weighted by atomic mass is 35.5. The average Bonchev–Trinajstić information content (AvgIpc) is 3.27. The molecule has 1 fully saturated rings. The smallest absolute Gasteiger partial charge is 0.226 e. The molecule has 1 saturated heterocycles. The Labute approximate surface area is 231 Å². The summed E-state index contributed by atoms with van der Waals surface area (Å²) in [5.74, 6) is 0.603. The number of fused-ring (bicyclic) bond motifs is 1. The number of aromatic amines is 1. The van der Waals surface area contributed by atoms with E-state index in [0.29, 0.717) is 5.92 Å². The molecule has 0 bridgehead atoms. The number of amides is 1. The molecule has 1 aliphatic heterocycles. The molecule has 38 heavy (non-hydrogen) atoms. The maximum atomic E-state index is 12.1. The third-order valence-electron chi connectivity index (χ3n) is 7.81. The van der Waals surface area contributed by atoms with E-state index in [1.54, 1.807) is 0 Å². The van der Waals surface area contributed by atoms with Gasteiger partial charge in [0, 0.05) is 33.2 Å². The Morgan fingerprint density at radius 3 is 2.61 bits per heavy atom. The molecule has 2 heterocycles. The first-order valence-electron chi connectivity index (χ1n) is 13.9. The molecule has 198 valence electrons. The number of H-pyrrole nitrogens is 1. The van der Waals surface area contributed by atoms with Gasteiger partial charge in [-0.05, 0) is 111 Å². The van der Waals surface area contributed by atoms with E-state index in [0.717, 1.165) is 61.6 Å². The molecule has 0 unspecified atom stereocenters. The number of nitrogens with zero attached hydrogens (tertiary/aromatic N) is 1. The van der Waals surface area contributed by atoms with Crippen LogP contribution in [0.3, 0.4) is 0 Å². The van der Waals surface area contributed by atoms with Crippen LogP contribution < -0.4 is 5.32 Å².